The van der Waals surface area contributed by atoms with Crippen molar-refractivity contribution in [3.63, 3.8) is 0 Å². The van der Waals surface area contributed by atoms with Crippen LogP contribution < -0.4 is 11.1 Å². The van der Waals surface area contributed by atoms with E-state index in [0.29, 0.717) is 30.1 Å². The van der Waals surface area contributed by atoms with Crippen molar-refractivity contribution in [2.45, 2.75) is 47.0 Å². The lowest BCUT2D eigenvalue weighted by atomic mass is 9.76. The van der Waals surface area contributed by atoms with Crippen LogP contribution in [-0.4, -0.2) is 12.5 Å². The van der Waals surface area contributed by atoms with Crippen LogP contribution >= 0.6 is 0 Å². The Balaban J connectivity index is 2.54. The Morgan fingerprint density at radius 2 is 2.00 bits per heavy atom. The van der Waals surface area contributed by atoms with E-state index in [9.17, 15) is 9.18 Å². The van der Waals surface area contributed by atoms with Crippen LogP contribution in [0.2, 0.25) is 0 Å². The van der Waals surface area contributed by atoms with Gasteiger partial charge in [0.25, 0.3) is 0 Å². The summed E-state index contributed by atoms with van der Waals surface area (Å²) in [6, 6.07) is 4.60. The van der Waals surface area contributed by atoms with Gasteiger partial charge in [-0.3, -0.25) is 4.79 Å². The van der Waals surface area contributed by atoms with Gasteiger partial charge in [-0.2, -0.15) is 0 Å². The van der Waals surface area contributed by atoms with Crippen LogP contribution in [0.5, 0.6) is 0 Å². The van der Waals surface area contributed by atoms with Crippen LogP contribution in [0.25, 0.3) is 0 Å². The Morgan fingerprint density at radius 1 is 1.33 bits per heavy atom. The summed E-state index contributed by atoms with van der Waals surface area (Å²) < 4.78 is 13.2. The number of halogens is 1. The molecule has 4 heteroatoms. The molecule has 1 unspecified atom stereocenters. The third-order valence-corrected chi connectivity index (χ3v) is 3.90. The van der Waals surface area contributed by atoms with E-state index in [4.69, 9.17) is 5.73 Å². The summed E-state index contributed by atoms with van der Waals surface area (Å²) in [5, 5.41) is 2.82. The number of hydrogen-bond donors (Lipinski definition) is 2. The Kier molecular flexibility index (Phi) is 6.34. The van der Waals surface area contributed by atoms with Gasteiger partial charge in [0.1, 0.15) is 5.82 Å². The quantitative estimate of drug-likeness (QED) is 0.837. The minimum Gasteiger partial charge on any atom is -0.330 e. The lowest BCUT2D eigenvalue weighted by Gasteiger charge is -2.30. The van der Waals surface area contributed by atoms with E-state index in [-0.39, 0.29) is 17.1 Å². The Hall–Kier alpha value is -1.42. The largest absolute Gasteiger partial charge is 0.330 e. The van der Waals surface area contributed by atoms with Gasteiger partial charge in [-0.25, -0.2) is 4.39 Å². The van der Waals surface area contributed by atoms with E-state index in [2.05, 4.69) is 26.1 Å². The van der Waals surface area contributed by atoms with Crippen molar-refractivity contribution >= 4 is 11.6 Å². The van der Waals surface area contributed by atoms with Crippen molar-refractivity contribution in [1.29, 1.82) is 0 Å². The summed E-state index contributed by atoms with van der Waals surface area (Å²) in [6.45, 7) is 8.85. The van der Waals surface area contributed by atoms with Gasteiger partial charge in [-0.15, -0.1) is 0 Å². The zero-order chi connectivity index (χ0) is 16.0. The molecule has 0 radical (unpaired) electrons. The summed E-state index contributed by atoms with van der Waals surface area (Å²) in [7, 11) is 0. The summed E-state index contributed by atoms with van der Waals surface area (Å²) in [5.74, 6) is 0.124. The first kappa shape index (κ1) is 17.6. The standard InChI is InChI=1S/C17H27FN2O/c1-12-11-14(6-7-15(12)18)20-16(21)8-5-13(9-10-19)17(2,3)4/h6-7,11,13H,5,8-10,19H2,1-4H3,(H,20,21). The minimum absolute atomic E-state index is 0.0349. The summed E-state index contributed by atoms with van der Waals surface area (Å²) in [6.07, 6.45) is 2.19. The molecule has 1 aromatic rings. The van der Waals surface area contributed by atoms with Gasteiger partial charge >= 0.3 is 0 Å². The molecule has 1 atom stereocenters. The fraction of sp³-hybridized carbons (Fsp3) is 0.588. The van der Waals surface area contributed by atoms with E-state index in [1.54, 1.807) is 19.1 Å². The van der Waals surface area contributed by atoms with Gasteiger partial charge < -0.3 is 11.1 Å². The molecule has 118 valence electrons. The summed E-state index contributed by atoms with van der Waals surface area (Å²) >= 11 is 0. The van der Waals surface area contributed by atoms with Gasteiger partial charge in [0.05, 0.1) is 0 Å². The van der Waals surface area contributed by atoms with Crippen LogP contribution in [0.3, 0.4) is 0 Å². The molecule has 0 bridgehead atoms. The maximum atomic E-state index is 13.2. The molecule has 0 saturated carbocycles. The molecule has 0 saturated heterocycles. The average Bonchev–Trinajstić information content (AvgIpc) is 2.37. The maximum Gasteiger partial charge on any atom is 0.224 e. The molecular formula is C17H27FN2O. The smallest absolute Gasteiger partial charge is 0.224 e. The fourth-order valence-electron chi connectivity index (χ4n) is 2.46. The first-order valence-corrected chi connectivity index (χ1v) is 7.50. The van der Waals surface area contributed by atoms with Crippen molar-refractivity contribution in [3.05, 3.63) is 29.6 Å². The molecule has 0 aliphatic rings. The van der Waals surface area contributed by atoms with Crippen molar-refractivity contribution in [2.75, 3.05) is 11.9 Å². The van der Waals surface area contributed by atoms with E-state index in [0.717, 1.165) is 12.8 Å². The predicted molar refractivity (Wildman–Crippen MR) is 85.6 cm³/mol. The van der Waals surface area contributed by atoms with Crippen molar-refractivity contribution in [1.82, 2.24) is 0 Å². The normalized spacial score (nSPS) is 13.0. The monoisotopic (exact) mass is 294 g/mol. The Morgan fingerprint density at radius 3 is 2.52 bits per heavy atom. The van der Waals surface area contributed by atoms with E-state index in [1.807, 2.05) is 0 Å². The molecule has 3 N–H and O–H groups in total. The molecule has 0 spiro atoms. The Bertz CT molecular complexity index is 480. The molecule has 1 aromatic carbocycles. The highest BCUT2D eigenvalue weighted by Crippen LogP contribution is 2.32. The zero-order valence-electron chi connectivity index (χ0n) is 13.5. The maximum absolute atomic E-state index is 13.2. The van der Waals surface area contributed by atoms with Gasteiger partial charge in [-0.1, -0.05) is 20.8 Å². The average molecular weight is 294 g/mol. The lowest BCUT2D eigenvalue weighted by molar-refractivity contribution is -0.116. The Labute approximate surface area is 127 Å². The van der Waals surface area contributed by atoms with E-state index >= 15 is 0 Å². The third-order valence-electron chi connectivity index (χ3n) is 3.90. The SMILES string of the molecule is Cc1cc(NC(=O)CCC(CCN)C(C)(C)C)ccc1F. The molecule has 1 rings (SSSR count). The molecule has 0 aliphatic carbocycles. The number of nitrogens with two attached hydrogens (primary N) is 1. The number of nitrogens with one attached hydrogen (secondary N) is 1. The molecule has 0 fully saturated rings. The van der Waals surface area contributed by atoms with Crippen LogP contribution in [0.1, 0.15) is 45.6 Å². The number of rotatable bonds is 6. The van der Waals surface area contributed by atoms with Crippen LogP contribution in [0, 0.1) is 24.1 Å². The van der Waals surface area contributed by atoms with Crippen LogP contribution in [0.4, 0.5) is 10.1 Å². The van der Waals surface area contributed by atoms with Crippen molar-refractivity contribution < 1.29 is 9.18 Å². The topological polar surface area (TPSA) is 55.1 Å². The second-order valence-corrected chi connectivity index (χ2v) is 6.69. The fourth-order valence-corrected chi connectivity index (χ4v) is 2.46. The summed E-state index contributed by atoms with van der Waals surface area (Å²) in [4.78, 5) is 12.0. The number of amides is 1. The van der Waals surface area contributed by atoms with Gasteiger partial charge in [0, 0.05) is 12.1 Å². The van der Waals surface area contributed by atoms with Gasteiger partial charge in [0.2, 0.25) is 5.91 Å². The number of benzene rings is 1. The lowest BCUT2D eigenvalue weighted by Crippen LogP contribution is -2.25. The first-order chi connectivity index (χ1) is 9.74. The predicted octanol–water partition coefficient (Wildman–Crippen LogP) is 3.86. The highest BCUT2D eigenvalue weighted by molar-refractivity contribution is 5.90. The summed E-state index contributed by atoms with van der Waals surface area (Å²) in [5.41, 5.74) is 6.97. The second kappa shape index (κ2) is 7.55. The third kappa shape index (κ3) is 5.84. The molecule has 1 amide bonds. The highest BCUT2D eigenvalue weighted by atomic mass is 19.1. The van der Waals surface area contributed by atoms with Crippen LogP contribution in [-0.2, 0) is 4.79 Å². The van der Waals surface area contributed by atoms with E-state index < -0.39 is 0 Å². The molecule has 0 aliphatic heterocycles. The molecule has 21 heavy (non-hydrogen) atoms. The number of anilines is 1. The minimum atomic E-state index is -0.260. The first-order valence-electron chi connectivity index (χ1n) is 7.50. The molecule has 0 aromatic heterocycles. The van der Waals surface area contributed by atoms with E-state index in [1.165, 1.54) is 6.07 Å². The van der Waals surface area contributed by atoms with Crippen molar-refractivity contribution in [3.8, 4) is 0 Å². The van der Waals surface area contributed by atoms with Crippen molar-refractivity contribution in [2.24, 2.45) is 17.1 Å². The number of carbonyl (C=O) groups is 1. The number of aryl methyl sites for hydroxylation is 1. The second-order valence-electron chi connectivity index (χ2n) is 6.69. The molecule has 0 heterocycles. The zero-order valence-corrected chi connectivity index (χ0v) is 13.5. The van der Waals surface area contributed by atoms with Gasteiger partial charge in [0.15, 0.2) is 0 Å². The number of hydrogen-bond acceptors (Lipinski definition) is 2. The van der Waals surface area contributed by atoms with Crippen LogP contribution in [0.15, 0.2) is 18.2 Å². The highest BCUT2D eigenvalue weighted by Gasteiger charge is 2.24. The van der Waals surface area contributed by atoms with Gasteiger partial charge in [-0.05, 0) is 61.4 Å². The number of carbonyl (C=O) groups excluding carboxylic acids is 1. The molecule has 3 nitrogen and oxygen atoms in total. The molecular weight excluding hydrogens is 267 g/mol.